The summed E-state index contributed by atoms with van der Waals surface area (Å²) >= 11 is 6.08. The van der Waals surface area contributed by atoms with Gasteiger partial charge >= 0.3 is 0 Å². The second-order valence-electron chi connectivity index (χ2n) is 7.00. The second kappa shape index (κ2) is 7.01. The van der Waals surface area contributed by atoms with E-state index in [1.165, 1.54) is 12.1 Å². The highest BCUT2D eigenvalue weighted by atomic mass is 35.5. The van der Waals surface area contributed by atoms with E-state index in [0.717, 1.165) is 11.4 Å². The molecule has 0 spiro atoms. The number of rotatable bonds is 4. The zero-order valence-electron chi connectivity index (χ0n) is 14.4. The molecule has 0 aromatic heterocycles. The van der Waals surface area contributed by atoms with Gasteiger partial charge < -0.3 is 0 Å². The van der Waals surface area contributed by atoms with Crippen molar-refractivity contribution in [1.29, 1.82) is 0 Å². The Bertz CT molecular complexity index is 674. The molecular weight excluding hydrogens is 331 g/mol. The molecule has 24 heavy (non-hydrogen) atoms. The lowest BCUT2D eigenvalue weighted by molar-refractivity contribution is -0.150. The molecule has 0 saturated carbocycles. The lowest BCUT2D eigenvalue weighted by Crippen LogP contribution is -2.40. The first-order valence-corrected chi connectivity index (χ1v) is 8.43. The first-order chi connectivity index (χ1) is 11.2. The zero-order chi connectivity index (χ0) is 18.1. The molecule has 1 aliphatic heterocycles. The fraction of sp³-hybridized carbons (Fsp3) is 0.500. The number of halogens is 2. The molecule has 2 amide bonds. The lowest BCUT2D eigenvalue weighted by Gasteiger charge is -2.22. The van der Waals surface area contributed by atoms with Gasteiger partial charge in [-0.1, -0.05) is 51.8 Å². The molecule has 1 aliphatic rings. The van der Waals surface area contributed by atoms with Crippen LogP contribution in [0.25, 0.3) is 0 Å². The minimum atomic E-state index is -0.721. The summed E-state index contributed by atoms with van der Waals surface area (Å²) in [6, 6.07) is 4.43. The Morgan fingerprint density at radius 3 is 2.58 bits per heavy atom. The van der Waals surface area contributed by atoms with Crippen molar-refractivity contribution in [3.63, 3.8) is 0 Å². The van der Waals surface area contributed by atoms with E-state index in [0.29, 0.717) is 12.1 Å². The van der Waals surface area contributed by atoms with Gasteiger partial charge in [0.1, 0.15) is 5.82 Å². The van der Waals surface area contributed by atoms with Crippen molar-refractivity contribution < 1.29 is 14.0 Å². The highest BCUT2D eigenvalue weighted by Gasteiger charge is 2.42. The normalized spacial score (nSPS) is 18.1. The van der Waals surface area contributed by atoms with Gasteiger partial charge in [-0.05, 0) is 25.0 Å². The second-order valence-corrected chi connectivity index (χ2v) is 7.41. The Kier molecular flexibility index (Phi) is 5.43. The number of carbonyl (C=O) groups excluding carboxylic acids is 2. The molecule has 0 saturated heterocycles. The van der Waals surface area contributed by atoms with Gasteiger partial charge in [0.25, 0.3) is 11.8 Å². The number of hydrazone groups is 1. The molecule has 0 fully saturated rings. The van der Waals surface area contributed by atoms with Crippen LogP contribution < -0.4 is 0 Å². The maximum atomic E-state index is 14.1. The largest absolute Gasteiger partial charge is 0.272 e. The van der Waals surface area contributed by atoms with Gasteiger partial charge in [-0.3, -0.25) is 9.59 Å². The van der Waals surface area contributed by atoms with Crippen LogP contribution in [0.4, 0.5) is 4.39 Å². The minimum Gasteiger partial charge on any atom is -0.272 e. The molecule has 2 rings (SSSR count). The van der Waals surface area contributed by atoms with Crippen LogP contribution in [-0.4, -0.2) is 22.5 Å². The zero-order valence-corrected chi connectivity index (χ0v) is 15.2. The molecule has 130 valence electrons. The van der Waals surface area contributed by atoms with Gasteiger partial charge in [0.15, 0.2) is 0 Å². The third kappa shape index (κ3) is 3.66. The predicted molar refractivity (Wildman–Crippen MR) is 92.3 cm³/mol. The Morgan fingerprint density at radius 1 is 1.38 bits per heavy atom. The summed E-state index contributed by atoms with van der Waals surface area (Å²) in [7, 11) is 0. The van der Waals surface area contributed by atoms with E-state index >= 15 is 0 Å². The third-order valence-corrected chi connectivity index (χ3v) is 4.30. The van der Waals surface area contributed by atoms with Gasteiger partial charge in [-0.2, -0.15) is 10.1 Å². The van der Waals surface area contributed by atoms with Crippen molar-refractivity contribution in [3.8, 4) is 0 Å². The molecule has 1 heterocycles. The molecule has 6 heteroatoms. The van der Waals surface area contributed by atoms with Crippen LogP contribution in [-0.2, 0) is 16.0 Å². The number of hydrogen-bond donors (Lipinski definition) is 0. The maximum absolute atomic E-state index is 14.1. The molecule has 1 aromatic carbocycles. The van der Waals surface area contributed by atoms with Crippen LogP contribution in [0.1, 0.15) is 46.1 Å². The number of benzene rings is 1. The molecule has 1 atom stereocenters. The van der Waals surface area contributed by atoms with Crippen LogP contribution in [0.2, 0.25) is 5.02 Å². The first kappa shape index (κ1) is 18.6. The lowest BCUT2D eigenvalue weighted by atomic mass is 9.91. The minimum absolute atomic E-state index is 0.108. The van der Waals surface area contributed by atoms with Crippen molar-refractivity contribution in [3.05, 3.63) is 34.6 Å². The Morgan fingerprint density at radius 2 is 2.04 bits per heavy atom. The first-order valence-electron chi connectivity index (χ1n) is 8.05. The average molecular weight is 353 g/mol. The van der Waals surface area contributed by atoms with Gasteiger partial charge in [-0.15, -0.1) is 0 Å². The molecule has 0 N–H and O–H groups in total. The number of imide groups is 1. The molecule has 0 aliphatic carbocycles. The predicted octanol–water partition coefficient (Wildman–Crippen LogP) is 4.21. The van der Waals surface area contributed by atoms with Gasteiger partial charge in [-0.25, -0.2) is 4.39 Å². The van der Waals surface area contributed by atoms with Crippen molar-refractivity contribution in [2.45, 2.75) is 47.0 Å². The van der Waals surface area contributed by atoms with E-state index in [1.807, 2.05) is 6.92 Å². The summed E-state index contributed by atoms with van der Waals surface area (Å²) < 4.78 is 14.1. The highest BCUT2D eigenvalue weighted by Crippen LogP contribution is 2.30. The molecule has 0 radical (unpaired) electrons. The van der Waals surface area contributed by atoms with Crippen molar-refractivity contribution in [2.75, 3.05) is 0 Å². The monoisotopic (exact) mass is 352 g/mol. The summed E-state index contributed by atoms with van der Waals surface area (Å²) in [5.41, 5.74) is 0.173. The summed E-state index contributed by atoms with van der Waals surface area (Å²) in [5, 5.41) is 5.47. The fourth-order valence-electron chi connectivity index (χ4n) is 2.62. The Hall–Kier alpha value is -1.75. The summed E-state index contributed by atoms with van der Waals surface area (Å²) in [4.78, 5) is 25.2. The molecule has 0 unspecified atom stereocenters. The van der Waals surface area contributed by atoms with Crippen molar-refractivity contribution in [2.24, 2.45) is 16.4 Å². The van der Waals surface area contributed by atoms with Crippen LogP contribution in [0.5, 0.6) is 0 Å². The summed E-state index contributed by atoms with van der Waals surface area (Å²) in [6.07, 6.45) is 1.47. The van der Waals surface area contributed by atoms with E-state index in [-0.39, 0.29) is 22.9 Å². The third-order valence-electron chi connectivity index (χ3n) is 3.95. The molecule has 0 bridgehead atoms. The van der Waals surface area contributed by atoms with Gasteiger partial charge in [0.05, 0.1) is 11.6 Å². The van der Waals surface area contributed by atoms with Crippen LogP contribution in [0.3, 0.4) is 0 Å². The molecule has 1 aromatic rings. The van der Waals surface area contributed by atoms with Crippen LogP contribution >= 0.6 is 11.6 Å². The number of nitrogens with zero attached hydrogens (tertiary/aromatic N) is 2. The van der Waals surface area contributed by atoms with Gasteiger partial charge in [0, 0.05) is 16.0 Å². The smallest absolute Gasteiger partial charge is 0.259 e. The SMILES string of the molecule is CCCC1=NN(C(=O)C(C)(C)C)C(=O)[C@H]1Cc1c(F)cccc1Cl. The van der Waals surface area contributed by atoms with E-state index in [4.69, 9.17) is 11.6 Å². The number of carbonyl (C=O) groups is 2. The van der Waals surface area contributed by atoms with Gasteiger partial charge in [0.2, 0.25) is 0 Å². The highest BCUT2D eigenvalue weighted by molar-refractivity contribution is 6.31. The van der Waals surface area contributed by atoms with E-state index in [1.54, 1.807) is 26.8 Å². The van der Waals surface area contributed by atoms with E-state index < -0.39 is 23.1 Å². The fourth-order valence-corrected chi connectivity index (χ4v) is 2.86. The molecular formula is C18H22ClFN2O2. The summed E-state index contributed by atoms with van der Waals surface area (Å²) in [5.74, 6) is -1.86. The summed E-state index contributed by atoms with van der Waals surface area (Å²) in [6.45, 7) is 7.17. The average Bonchev–Trinajstić information content (AvgIpc) is 2.78. The standard InChI is InChI=1S/C18H22ClFN2O2/c1-5-7-15-12(10-11-13(19)8-6-9-14(11)20)16(23)22(21-15)17(24)18(2,3)4/h6,8-9,12H,5,7,10H2,1-4H3/t12-/m0/s1. The maximum Gasteiger partial charge on any atom is 0.259 e. The Balaban J connectivity index is 2.34. The van der Waals surface area contributed by atoms with E-state index in [9.17, 15) is 14.0 Å². The Labute approximate surface area is 146 Å². The van der Waals surface area contributed by atoms with E-state index in [2.05, 4.69) is 5.10 Å². The van der Waals surface area contributed by atoms with Crippen molar-refractivity contribution in [1.82, 2.24) is 5.01 Å². The van der Waals surface area contributed by atoms with Crippen LogP contribution in [0.15, 0.2) is 23.3 Å². The number of amides is 2. The topological polar surface area (TPSA) is 49.7 Å². The van der Waals surface area contributed by atoms with Crippen molar-refractivity contribution >= 4 is 29.1 Å². The quantitative estimate of drug-likeness (QED) is 0.815. The number of hydrogen-bond acceptors (Lipinski definition) is 3. The molecule has 4 nitrogen and oxygen atoms in total. The van der Waals surface area contributed by atoms with Crippen LogP contribution in [0, 0.1) is 17.2 Å².